The lowest BCUT2D eigenvalue weighted by atomic mass is 10.1. The van der Waals surface area contributed by atoms with Crippen LogP contribution in [0.15, 0.2) is 12.3 Å². The quantitative estimate of drug-likeness (QED) is 0.502. The number of carbonyl (C=O) groups is 4. The van der Waals surface area contributed by atoms with E-state index in [1.165, 1.54) is 19.0 Å². The summed E-state index contributed by atoms with van der Waals surface area (Å²) < 4.78 is 0. The molecule has 0 saturated heterocycles. The SMILES string of the molecule is CN1Cc2cnc(C(=O)N[C@@H](CNC(=O)C(N)=O)C(=O)N(C)C)cc2C1.Cl. The van der Waals surface area contributed by atoms with Gasteiger partial charge in [-0.25, -0.2) is 0 Å². The molecule has 1 atom stereocenters. The first kappa shape index (κ1) is 22.3. The highest BCUT2D eigenvalue weighted by molar-refractivity contribution is 6.34. The van der Waals surface area contributed by atoms with Crippen molar-refractivity contribution >= 4 is 36.0 Å². The first-order valence-electron chi connectivity index (χ1n) is 7.95. The fraction of sp³-hybridized carbons (Fsp3) is 0.438. The smallest absolute Gasteiger partial charge is 0.309 e. The zero-order chi connectivity index (χ0) is 19.4. The molecule has 4 amide bonds. The van der Waals surface area contributed by atoms with E-state index < -0.39 is 29.7 Å². The first-order chi connectivity index (χ1) is 12.2. The number of primary amides is 1. The minimum atomic E-state index is -1.17. The molecule has 1 aliphatic rings. The third-order valence-electron chi connectivity index (χ3n) is 3.93. The Balaban J connectivity index is 0.00000364. The molecule has 0 saturated carbocycles. The Morgan fingerprint density at radius 1 is 1.26 bits per heavy atom. The number of amides is 4. The van der Waals surface area contributed by atoms with Crippen LogP contribution in [-0.4, -0.2) is 72.1 Å². The molecule has 1 aromatic heterocycles. The van der Waals surface area contributed by atoms with Gasteiger partial charge in [0, 0.05) is 39.9 Å². The fourth-order valence-electron chi connectivity index (χ4n) is 2.60. The Morgan fingerprint density at radius 3 is 2.48 bits per heavy atom. The maximum Gasteiger partial charge on any atom is 0.309 e. The number of halogens is 1. The molecule has 1 aliphatic heterocycles. The predicted octanol–water partition coefficient (Wildman–Crippen LogP) is -1.76. The number of hydrogen-bond donors (Lipinski definition) is 3. The predicted molar refractivity (Wildman–Crippen MR) is 98.8 cm³/mol. The molecule has 0 bridgehead atoms. The number of rotatable bonds is 5. The number of aromatic nitrogens is 1. The second-order valence-electron chi connectivity index (χ2n) is 6.34. The summed E-state index contributed by atoms with van der Waals surface area (Å²) >= 11 is 0. The molecule has 1 aromatic rings. The van der Waals surface area contributed by atoms with Crippen LogP contribution < -0.4 is 16.4 Å². The topological polar surface area (TPSA) is 138 Å². The number of nitrogens with one attached hydrogen (secondary N) is 2. The van der Waals surface area contributed by atoms with E-state index in [0.717, 1.165) is 17.7 Å². The third-order valence-corrected chi connectivity index (χ3v) is 3.93. The van der Waals surface area contributed by atoms with Gasteiger partial charge in [-0.05, 0) is 24.2 Å². The molecule has 0 aliphatic carbocycles. The standard InChI is InChI=1S/C16H22N6O4.ClH/c1-21(2)16(26)12(6-19-15(25)13(17)23)20-14(24)11-4-9-7-22(3)8-10(9)5-18-11;/h4-5,12H,6-8H2,1-3H3,(H2,17,23)(H,19,25)(H,20,24);1H/t12-;/m0./s1. The maximum atomic E-state index is 12.5. The number of nitrogens with zero attached hydrogens (tertiary/aromatic N) is 3. The highest BCUT2D eigenvalue weighted by Crippen LogP contribution is 2.20. The van der Waals surface area contributed by atoms with Crippen LogP contribution in [0.5, 0.6) is 0 Å². The summed E-state index contributed by atoms with van der Waals surface area (Å²) in [7, 11) is 4.99. The van der Waals surface area contributed by atoms with Crippen molar-refractivity contribution in [3.05, 3.63) is 29.1 Å². The van der Waals surface area contributed by atoms with Crippen molar-refractivity contribution in [3.8, 4) is 0 Å². The van der Waals surface area contributed by atoms with Crippen LogP contribution in [0.4, 0.5) is 0 Å². The van der Waals surface area contributed by atoms with Crippen molar-refractivity contribution in [1.29, 1.82) is 0 Å². The normalized spacial score (nSPS) is 13.7. The van der Waals surface area contributed by atoms with E-state index >= 15 is 0 Å². The number of likely N-dealkylation sites (N-methyl/N-ethyl adjacent to an activating group) is 1. The zero-order valence-electron chi connectivity index (χ0n) is 15.3. The van der Waals surface area contributed by atoms with Crippen LogP contribution in [0, 0.1) is 0 Å². The molecule has 11 heteroatoms. The molecular weight excluding hydrogens is 376 g/mol. The lowest BCUT2D eigenvalue weighted by Gasteiger charge is -2.21. The lowest BCUT2D eigenvalue weighted by Crippen LogP contribution is -2.53. The van der Waals surface area contributed by atoms with E-state index in [1.54, 1.807) is 12.3 Å². The van der Waals surface area contributed by atoms with Gasteiger partial charge in [-0.2, -0.15) is 0 Å². The first-order valence-corrected chi connectivity index (χ1v) is 7.95. The molecule has 0 unspecified atom stereocenters. The van der Waals surface area contributed by atoms with Gasteiger partial charge in [0.15, 0.2) is 0 Å². The molecule has 4 N–H and O–H groups in total. The average molecular weight is 399 g/mol. The fourth-order valence-corrected chi connectivity index (χ4v) is 2.60. The van der Waals surface area contributed by atoms with Gasteiger partial charge in [-0.3, -0.25) is 29.1 Å². The van der Waals surface area contributed by atoms with Gasteiger partial charge in [0.25, 0.3) is 5.91 Å². The van der Waals surface area contributed by atoms with Crippen molar-refractivity contribution in [2.45, 2.75) is 19.1 Å². The van der Waals surface area contributed by atoms with Gasteiger partial charge in [0.2, 0.25) is 5.91 Å². The molecule has 0 spiro atoms. The van der Waals surface area contributed by atoms with E-state index in [9.17, 15) is 19.2 Å². The van der Waals surface area contributed by atoms with Crippen LogP contribution >= 0.6 is 12.4 Å². The zero-order valence-corrected chi connectivity index (χ0v) is 16.1. The summed E-state index contributed by atoms with van der Waals surface area (Å²) in [6, 6.07) is 0.631. The van der Waals surface area contributed by atoms with Gasteiger partial charge in [-0.1, -0.05) is 0 Å². The molecular formula is C16H23ClN6O4. The lowest BCUT2D eigenvalue weighted by molar-refractivity contribution is -0.137. The molecule has 2 heterocycles. The van der Waals surface area contributed by atoms with Crippen molar-refractivity contribution in [3.63, 3.8) is 0 Å². The van der Waals surface area contributed by atoms with Crippen LogP contribution in [0.3, 0.4) is 0 Å². The monoisotopic (exact) mass is 398 g/mol. The Morgan fingerprint density at radius 2 is 1.89 bits per heavy atom. The summed E-state index contributed by atoms with van der Waals surface area (Å²) in [5, 5.41) is 4.76. The number of pyridine rings is 1. The Bertz CT molecular complexity index is 754. The summed E-state index contributed by atoms with van der Waals surface area (Å²) in [5.41, 5.74) is 7.10. The molecule has 0 aromatic carbocycles. The number of fused-ring (bicyclic) bond motifs is 1. The Kier molecular flexibility index (Phi) is 7.68. The number of hydrogen-bond acceptors (Lipinski definition) is 6. The summed E-state index contributed by atoms with van der Waals surface area (Å²) in [6.07, 6.45) is 1.64. The van der Waals surface area contributed by atoms with Crippen molar-refractivity contribution in [2.24, 2.45) is 5.73 Å². The molecule has 10 nitrogen and oxygen atoms in total. The highest BCUT2D eigenvalue weighted by Gasteiger charge is 2.26. The molecule has 0 radical (unpaired) electrons. The molecule has 148 valence electrons. The van der Waals surface area contributed by atoms with Crippen LogP contribution in [-0.2, 0) is 27.5 Å². The average Bonchev–Trinajstić information content (AvgIpc) is 2.96. The molecule has 27 heavy (non-hydrogen) atoms. The van der Waals surface area contributed by atoms with Gasteiger partial charge >= 0.3 is 11.8 Å². The van der Waals surface area contributed by atoms with E-state index in [2.05, 4.69) is 20.5 Å². The second-order valence-corrected chi connectivity index (χ2v) is 6.34. The van der Waals surface area contributed by atoms with E-state index in [0.29, 0.717) is 6.54 Å². The highest BCUT2D eigenvalue weighted by atomic mass is 35.5. The van der Waals surface area contributed by atoms with Gasteiger partial charge in [0.1, 0.15) is 11.7 Å². The van der Waals surface area contributed by atoms with Crippen molar-refractivity contribution < 1.29 is 19.2 Å². The summed E-state index contributed by atoms with van der Waals surface area (Å²) in [5.74, 6) is -3.19. The van der Waals surface area contributed by atoms with E-state index in [-0.39, 0.29) is 24.6 Å². The molecule has 0 fully saturated rings. The molecule has 2 rings (SSSR count). The van der Waals surface area contributed by atoms with Gasteiger partial charge in [-0.15, -0.1) is 12.4 Å². The van der Waals surface area contributed by atoms with Crippen LogP contribution in [0.25, 0.3) is 0 Å². The second kappa shape index (κ2) is 9.28. The minimum Gasteiger partial charge on any atom is -0.361 e. The van der Waals surface area contributed by atoms with Crippen LogP contribution in [0.1, 0.15) is 21.6 Å². The number of carbonyl (C=O) groups excluding carboxylic acids is 4. The van der Waals surface area contributed by atoms with Crippen molar-refractivity contribution in [1.82, 2.24) is 25.4 Å². The minimum absolute atomic E-state index is 0. The summed E-state index contributed by atoms with van der Waals surface area (Å²) in [4.78, 5) is 54.3. The van der Waals surface area contributed by atoms with Crippen LogP contribution in [0.2, 0.25) is 0 Å². The largest absolute Gasteiger partial charge is 0.361 e. The Hall–Kier alpha value is -2.72. The van der Waals surface area contributed by atoms with Gasteiger partial charge < -0.3 is 21.3 Å². The summed E-state index contributed by atoms with van der Waals surface area (Å²) in [6.45, 7) is 1.22. The van der Waals surface area contributed by atoms with E-state index in [4.69, 9.17) is 5.73 Å². The van der Waals surface area contributed by atoms with E-state index in [1.807, 2.05) is 7.05 Å². The van der Waals surface area contributed by atoms with Gasteiger partial charge in [0.05, 0.1) is 0 Å². The number of nitrogens with two attached hydrogens (primary N) is 1. The maximum absolute atomic E-state index is 12.5. The Labute approximate surface area is 162 Å². The van der Waals surface area contributed by atoms with Crippen molar-refractivity contribution in [2.75, 3.05) is 27.7 Å². The third kappa shape index (κ3) is 5.63.